The van der Waals surface area contributed by atoms with Crippen molar-refractivity contribution in [3.8, 4) is 0 Å². The molecule has 19 heavy (non-hydrogen) atoms. The average Bonchev–Trinajstić information content (AvgIpc) is 2.89. The maximum Gasteiger partial charge on any atom is 0.250 e. The minimum absolute atomic E-state index is 0.187. The molecule has 1 aliphatic rings. The van der Waals surface area contributed by atoms with E-state index in [9.17, 15) is 8.42 Å². The lowest BCUT2D eigenvalue weighted by molar-refractivity contribution is 0.531. The molecule has 0 atom stereocenters. The second kappa shape index (κ2) is 5.52. The molecule has 0 spiro atoms. The quantitative estimate of drug-likeness (QED) is 0.812. The predicted molar refractivity (Wildman–Crippen MR) is 78.8 cm³/mol. The SMILES string of the molecule is CC(C)NCc1csc(S(=O)(=O)NCC2(C)CC2)c1. The molecule has 1 aromatic heterocycles. The minimum Gasteiger partial charge on any atom is -0.310 e. The molecule has 1 heterocycles. The van der Waals surface area contributed by atoms with Gasteiger partial charge in [0.2, 0.25) is 10.0 Å². The summed E-state index contributed by atoms with van der Waals surface area (Å²) in [5, 5.41) is 5.19. The monoisotopic (exact) mass is 302 g/mol. The van der Waals surface area contributed by atoms with Crippen LogP contribution in [0, 0.1) is 5.41 Å². The highest BCUT2D eigenvalue weighted by atomic mass is 32.2. The van der Waals surface area contributed by atoms with E-state index in [0.717, 1.165) is 18.4 Å². The van der Waals surface area contributed by atoms with Crippen LogP contribution in [0.25, 0.3) is 0 Å². The van der Waals surface area contributed by atoms with Crippen molar-refractivity contribution in [2.24, 2.45) is 5.41 Å². The fraction of sp³-hybridized carbons (Fsp3) is 0.692. The highest BCUT2D eigenvalue weighted by Gasteiger charge is 2.38. The Morgan fingerprint density at radius 1 is 1.42 bits per heavy atom. The van der Waals surface area contributed by atoms with E-state index in [0.29, 0.717) is 23.3 Å². The molecule has 0 bridgehead atoms. The first-order valence-electron chi connectivity index (χ1n) is 6.61. The lowest BCUT2D eigenvalue weighted by atomic mass is 10.2. The Labute approximate surface area is 119 Å². The summed E-state index contributed by atoms with van der Waals surface area (Å²) in [7, 11) is -3.33. The van der Waals surface area contributed by atoms with Gasteiger partial charge in [0.15, 0.2) is 0 Å². The summed E-state index contributed by atoms with van der Waals surface area (Å²) >= 11 is 1.29. The van der Waals surface area contributed by atoms with Crippen LogP contribution in [0.2, 0.25) is 0 Å². The summed E-state index contributed by atoms with van der Waals surface area (Å²) in [5.41, 5.74) is 1.21. The number of sulfonamides is 1. The minimum atomic E-state index is -3.33. The fourth-order valence-corrected chi connectivity index (χ4v) is 4.09. The third-order valence-corrected chi connectivity index (χ3v) is 6.29. The van der Waals surface area contributed by atoms with Gasteiger partial charge in [-0.15, -0.1) is 11.3 Å². The third kappa shape index (κ3) is 4.27. The average molecular weight is 302 g/mol. The van der Waals surface area contributed by atoms with Gasteiger partial charge in [-0.05, 0) is 35.3 Å². The largest absolute Gasteiger partial charge is 0.310 e. The first kappa shape index (κ1) is 15.0. The molecule has 0 aliphatic heterocycles. The zero-order valence-corrected chi connectivity index (χ0v) is 13.3. The molecular formula is C13H22N2O2S2. The van der Waals surface area contributed by atoms with Crippen molar-refractivity contribution in [1.82, 2.24) is 10.0 Å². The van der Waals surface area contributed by atoms with Crippen molar-refractivity contribution < 1.29 is 8.42 Å². The summed E-state index contributed by atoms with van der Waals surface area (Å²) in [6.07, 6.45) is 2.23. The van der Waals surface area contributed by atoms with Crippen molar-refractivity contribution in [2.45, 2.75) is 50.4 Å². The Hall–Kier alpha value is -0.430. The molecule has 2 rings (SSSR count). The van der Waals surface area contributed by atoms with E-state index >= 15 is 0 Å². The van der Waals surface area contributed by atoms with Gasteiger partial charge in [0.1, 0.15) is 4.21 Å². The van der Waals surface area contributed by atoms with Gasteiger partial charge >= 0.3 is 0 Å². The van der Waals surface area contributed by atoms with E-state index in [-0.39, 0.29) is 5.41 Å². The lowest BCUT2D eigenvalue weighted by Crippen LogP contribution is -2.28. The molecule has 0 unspecified atom stereocenters. The van der Waals surface area contributed by atoms with Crippen molar-refractivity contribution in [1.29, 1.82) is 0 Å². The molecule has 2 N–H and O–H groups in total. The second-order valence-corrected chi connectivity index (χ2v) is 8.85. The van der Waals surface area contributed by atoms with Gasteiger partial charge < -0.3 is 5.32 Å². The zero-order valence-electron chi connectivity index (χ0n) is 11.7. The van der Waals surface area contributed by atoms with E-state index in [1.54, 1.807) is 6.07 Å². The molecular weight excluding hydrogens is 280 g/mol. The van der Waals surface area contributed by atoms with Crippen LogP contribution in [0.5, 0.6) is 0 Å². The molecule has 1 aromatic rings. The highest BCUT2D eigenvalue weighted by Crippen LogP contribution is 2.44. The summed E-state index contributed by atoms with van der Waals surface area (Å²) in [6.45, 7) is 7.51. The van der Waals surface area contributed by atoms with Crippen molar-refractivity contribution in [3.05, 3.63) is 17.0 Å². The maximum absolute atomic E-state index is 12.1. The molecule has 108 valence electrons. The third-order valence-electron chi connectivity index (χ3n) is 3.40. The topological polar surface area (TPSA) is 58.2 Å². The number of nitrogens with one attached hydrogen (secondary N) is 2. The Morgan fingerprint density at radius 3 is 2.68 bits per heavy atom. The van der Waals surface area contributed by atoms with Gasteiger partial charge in [0.25, 0.3) is 0 Å². The molecule has 1 fully saturated rings. The molecule has 0 aromatic carbocycles. The van der Waals surface area contributed by atoms with Gasteiger partial charge in [-0.2, -0.15) is 0 Å². The second-order valence-electron chi connectivity index (χ2n) is 5.94. The summed E-state index contributed by atoms with van der Waals surface area (Å²) in [6, 6.07) is 2.16. The van der Waals surface area contributed by atoms with Crippen LogP contribution in [-0.4, -0.2) is 21.0 Å². The van der Waals surface area contributed by atoms with Gasteiger partial charge in [0, 0.05) is 19.1 Å². The van der Waals surface area contributed by atoms with E-state index in [4.69, 9.17) is 0 Å². The molecule has 1 saturated carbocycles. The van der Waals surface area contributed by atoms with Crippen molar-refractivity contribution in [2.75, 3.05) is 6.54 Å². The van der Waals surface area contributed by atoms with E-state index in [1.807, 2.05) is 5.38 Å². The Kier molecular flexibility index (Phi) is 4.35. The fourth-order valence-electron chi connectivity index (χ4n) is 1.64. The van der Waals surface area contributed by atoms with Crippen LogP contribution in [0.15, 0.2) is 15.7 Å². The Morgan fingerprint density at radius 2 is 2.11 bits per heavy atom. The first-order chi connectivity index (χ1) is 8.81. The summed E-state index contributed by atoms with van der Waals surface area (Å²) in [5.74, 6) is 0. The molecule has 6 heteroatoms. The first-order valence-corrected chi connectivity index (χ1v) is 8.97. The normalized spacial score (nSPS) is 17.9. The van der Waals surface area contributed by atoms with Crippen LogP contribution in [0.4, 0.5) is 0 Å². The Bertz CT molecular complexity index is 531. The van der Waals surface area contributed by atoms with E-state index in [1.165, 1.54) is 11.3 Å². The molecule has 0 saturated heterocycles. The highest BCUT2D eigenvalue weighted by molar-refractivity contribution is 7.91. The smallest absolute Gasteiger partial charge is 0.250 e. The van der Waals surface area contributed by atoms with Gasteiger partial charge in [-0.1, -0.05) is 20.8 Å². The molecule has 0 amide bonds. The molecule has 1 aliphatic carbocycles. The van der Waals surface area contributed by atoms with Gasteiger partial charge in [-0.3, -0.25) is 0 Å². The molecule has 0 radical (unpaired) electrons. The van der Waals surface area contributed by atoms with Gasteiger partial charge in [0.05, 0.1) is 0 Å². The molecule has 4 nitrogen and oxygen atoms in total. The Balaban J connectivity index is 1.96. The number of hydrogen-bond donors (Lipinski definition) is 2. The standard InChI is InChI=1S/C13H22N2O2S2/c1-10(2)14-7-11-6-12(18-8-11)19(16,17)15-9-13(3)4-5-13/h6,8,10,14-15H,4-5,7,9H2,1-3H3. The van der Waals surface area contributed by atoms with E-state index < -0.39 is 10.0 Å². The summed E-state index contributed by atoms with van der Waals surface area (Å²) in [4.78, 5) is 0. The van der Waals surface area contributed by atoms with Crippen LogP contribution >= 0.6 is 11.3 Å². The van der Waals surface area contributed by atoms with Crippen LogP contribution in [0.1, 0.15) is 39.2 Å². The lowest BCUT2D eigenvalue weighted by Gasteiger charge is -2.09. The summed E-state index contributed by atoms with van der Waals surface area (Å²) < 4.78 is 27.4. The number of thiophene rings is 1. The van der Waals surface area contributed by atoms with Gasteiger partial charge in [-0.25, -0.2) is 13.1 Å². The maximum atomic E-state index is 12.1. The van der Waals surface area contributed by atoms with Crippen LogP contribution in [0.3, 0.4) is 0 Å². The van der Waals surface area contributed by atoms with E-state index in [2.05, 4.69) is 30.8 Å². The number of rotatable bonds is 7. The van der Waals surface area contributed by atoms with Crippen LogP contribution < -0.4 is 10.0 Å². The predicted octanol–water partition coefficient (Wildman–Crippen LogP) is 2.32. The van der Waals surface area contributed by atoms with Crippen LogP contribution in [-0.2, 0) is 16.6 Å². The number of hydrogen-bond acceptors (Lipinski definition) is 4. The zero-order chi connectivity index (χ0) is 14.1. The van der Waals surface area contributed by atoms with Crippen molar-refractivity contribution >= 4 is 21.4 Å². The van der Waals surface area contributed by atoms with Crippen molar-refractivity contribution in [3.63, 3.8) is 0 Å².